The first-order valence-corrected chi connectivity index (χ1v) is 9.16. The Kier molecular flexibility index (Phi) is 5.03. The molecule has 3 aromatic rings. The van der Waals surface area contributed by atoms with E-state index >= 15 is 0 Å². The lowest BCUT2D eigenvalue weighted by molar-refractivity contribution is 0.446. The smallest absolute Gasteiger partial charge is 0.135 e. The van der Waals surface area contributed by atoms with Crippen molar-refractivity contribution in [3.05, 3.63) is 71.8 Å². The Bertz CT molecular complexity index is 895. The molecule has 2 nitrogen and oxygen atoms in total. The minimum absolute atomic E-state index is 0.137. The zero-order valence-corrected chi connectivity index (χ0v) is 15.8. The van der Waals surface area contributed by atoms with Crippen LogP contribution in [0.15, 0.2) is 60.7 Å². The Labute approximate surface area is 155 Å². The molecule has 0 bridgehead atoms. The first-order chi connectivity index (χ1) is 12.4. The van der Waals surface area contributed by atoms with E-state index < -0.39 is 0 Å². The molecule has 0 saturated carbocycles. The summed E-state index contributed by atoms with van der Waals surface area (Å²) in [4.78, 5) is 0. The maximum absolute atomic E-state index is 11.3. The van der Waals surface area contributed by atoms with Crippen LogP contribution in [0.3, 0.4) is 0 Å². The molecule has 3 aromatic carbocycles. The molecule has 0 aliphatic carbocycles. The summed E-state index contributed by atoms with van der Waals surface area (Å²) in [5.41, 5.74) is 5.04. The van der Waals surface area contributed by atoms with Crippen molar-refractivity contribution >= 4 is 0 Å². The second-order valence-corrected chi connectivity index (χ2v) is 7.32. The summed E-state index contributed by atoms with van der Waals surface area (Å²) >= 11 is 0. The Morgan fingerprint density at radius 1 is 0.538 bits per heavy atom. The normalized spacial score (nSPS) is 11.3. The molecule has 0 aromatic heterocycles. The van der Waals surface area contributed by atoms with Gasteiger partial charge < -0.3 is 10.2 Å². The average molecular weight is 346 g/mol. The SMILES string of the molecule is CC(C)c1c(O)c(-c2ccccc2)c(O)c(-c2ccccc2)c1C(C)C. The number of phenols is 2. The van der Waals surface area contributed by atoms with E-state index in [0.29, 0.717) is 5.56 Å². The molecule has 0 aliphatic rings. The van der Waals surface area contributed by atoms with Gasteiger partial charge in [-0.1, -0.05) is 88.4 Å². The van der Waals surface area contributed by atoms with Gasteiger partial charge in [-0.05, 0) is 28.5 Å². The Balaban J connectivity index is 2.48. The lowest BCUT2D eigenvalue weighted by atomic mass is 9.80. The standard InChI is InChI=1S/C24H26O2/c1-15(2)19-20(16(3)4)23(25)22(18-13-9-6-10-14-18)24(26)21(19)17-11-7-5-8-12-17/h5-16,25-26H,1-4H3. The first-order valence-electron chi connectivity index (χ1n) is 9.16. The molecule has 0 saturated heterocycles. The summed E-state index contributed by atoms with van der Waals surface area (Å²) in [7, 11) is 0. The molecule has 2 heteroatoms. The van der Waals surface area contributed by atoms with Crippen molar-refractivity contribution < 1.29 is 10.2 Å². The summed E-state index contributed by atoms with van der Waals surface area (Å²) in [5.74, 6) is 0.641. The molecular formula is C24H26O2. The molecule has 0 amide bonds. The molecule has 0 atom stereocenters. The fourth-order valence-corrected chi connectivity index (χ4v) is 3.72. The van der Waals surface area contributed by atoms with E-state index in [1.807, 2.05) is 60.7 Å². The van der Waals surface area contributed by atoms with Crippen molar-refractivity contribution in [3.63, 3.8) is 0 Å². The highest BCUT2D eigenvalue weighted by atomic mass is 16.3. The number of phenolic OH excluding ortho intramolecular Hbond substituents is 2. The second kappa shape index (κ2) is 7.25. The van der Waals surface area contributed by atoms with Crippen LogP contribution in [0, 0.1) is 0 Å². The zero-order valence-electron chi connectivity index (χ0n) is 15.8. The first kappa shape index (κ1) is 18.1. The van der Waals surface area contributed by atoms with Crippen LogP contribution >= 0.6 is 0 Å². The lowest BCUT2D eigenvalue weighted by Gasteiger charge is -2.26. The van der Waals surface area contributed by atoms with E-state index in [0.717, 1.165) is 27.8 Å². The highest BCUT2D eigenvalue weighted by Gasteiger charge is 2.27. The molecule has 0 fully saturated rings. The highest BCUT2D eigenvalue weighted by Crippen LogP contribution is 2.52. The van der Waals surface area contributed by atoms with Crippen LogP contribution in [0.2, 0.25) is 0 Å². The monoisotopic (exact) mass is 346 g/mol. The van der Waals surface area contributed by atoms with Gasteiger partial charge in [0.25, 0.3) is 0 Å². The molecule has 0 heterocycles. The fourth-order valence-electron chi connectivity index (χ4n) is 3.72. The van der Waals surface area contributed by atoms with E-state index in [4.69, 9.17) is 0 Å². The number of rotatable bonds is 4. The Morgan fingerprint density at radius 3 is 1.38 bits per heavy atom. The molecule has 3 rings (SSSR count). The number of hydrogen-bond acceptors (Lipinski definition) is 2. The number of aromatic hydroxyl groups is 2. The fraction of sp³-hybridized carbons (Fsp3) is 0.250. The van der Waals surface area contributed by atoms with Crippen LogP contribution in [0.4, 0.5) is 0 Å². The molecule has 0 radical (unpaired) electrons. The molecular weight excluding hydrogens is 320 g/mol. The predicted molar refractivity (Wildman–Crippen MR) is 109 cm³/mol. The topological polar surface area (TPSA) is 40.5 Å². The van der Waals surface area contributed by atoms with Crippen molar-refractivity contribution in [1.29, 1.82) is 0 Å². The van der Waals surface area contributed by atoms with Crippen molar-refractivity contribution in [1.82, 2.24) is 0 Å². The van der Waals surface area contributed by atoms with Gasteiger partial charge in [0, 0.05) is 11.1 Å². The minimum Gasteiger partial charge on any atom is -0.507 e. The van der Waals surface area contributed by atoms with E-state index in [1.54, 1.807) is 0 Å². The zero-order chi connectivity index (χ0) is 18.8. The van der Waals surface area contributed by atoms with Crippen LogP contribution in [-0.4, -0.2) is 10.2 Å². The molecule has 26 heavy (non-hydrogen) atoms. The van der Waals surface area contributed by atoms with Crippen molar-refractivity contribution in [3.8, 4) is 33.8 Å². The highest BCUT2D eigenvalue weighted by molar-refractivity contribution is 5.90. The van der Waals surface area contributed by atoms with E-state index in [1.165, 1.54) is 0 Å². The molecule has 0 spiro atoms. The largest absolute Gasteiger partial charge is 0.507 e. The number of benzene rings is 3. The van der Waals surface area contributed by atoms with E-state index in [9.17, 15) is 10.2 Å². The molecule has 134 valence electrons. The third-order valence-electron chi connectivity index (χ3n) is 4.80. The summed E-state index contributed by atoms with van der Waals surface area (Å²) < 4.78 is 0. The number of hydrogen-bond donors (Lipinski definition) is 2. The summed E-state index contributed by atoms with van der Waals surface area (Å²) in [6.45, 7) is 8.38. The van der Waals surface area contributed by atoms with Crippen molar-refractivity contribution in [2.24, 2.45) is 0 Å². The van der Waals surface area contributed by atoms with Gasteiger partial charge in [0.2, 0.25) is 0 Å². The van der Waals surface area contributed by atoms with Gasteiger partial charge in [0.15, 0.2) is 0 Å². The lowest BCUT2D eigenvalue weighted by Crippen LogP contribution is -2.04. The maximum atomic E-state index is 11.3. The van der Waals surface area contributed by atoms with Crippen LogP contribution in [-0.2, 0) is 0 Å². The third-order valence-corrected chi connectivity index (χ3v) is 4.80. The van der Waals surface area contributed by atoms with Crippen molar-refractivity contribution in [2.75, 3.05) is 0 Å². The van der Waals surface area contributed by atoms with Crippen LogP contribution in [0.25, 0.3) is 22.3 Å². The van der Waals surface area contributed by atoms with Crippen molar-refractivity contribution in [2.45, 2.75) is 39.5 Å². The van der Waals surface area contributed by atoms with Gasteiger partial charge >= 0.3 is 0 Å². The van der Waals surface area contributed by atoms with E-state index in [-0.39, 0.29) is 23.3 Å². The van der Waals surface area contributed by atoms with Gasteiger partial charge in [0.1, 0.15) is 11.5 Å². The van der Waals surface area contributed by atoms with Gasteiger partial charge in [0.05, 0.1) is 5.56 Å². The Hall–Kier alpha value is -2.74. The van der Waals surface area contributed by atoms with E-state index in [2.05, 4.69) is 27.7 Å². The third kappa shape index (κ3) is 3.08. The van der Waals surface area contributed by atoms with Crippen LogP contribution < -0.4 is 0 Å². The quantitative estimate of drug-likeness (QED) is 0.553. The minimum atomic E-state index is 0.137. The van der Waals surface area contributed by atoms with Gasteiger partial charge in [-0.15, -0.1) is 0 Å². The van der Waals surface area contributed by atoms with Gasteiger partial charge in [-0.3, -0.25) is 0 Å². The summed E-state index contributed by atoms with van der Waals surface area (Å²) in [6.07, 6.45) is 0. The maximum Gasteiger partial charge on any atom is 0.135 e. The Morgan fingerprint density at radius 2 is 0.962 bits per heavy atom. The van der Waals surface area contributed by atoms with Crippen LogP contribution in [0.5, 0.6) is 11.5 Å². The molecule has 2 N–H and O–H groups in total. The summed E-state index contributed by atoms with van der Waals surface area (Å²) in [6, 6.07) is 19.5. The van der Waals surface area contributed by atoms with Gasteiger partial charge in [-0.2, -0.15) is 0 Å². The predicted octanol–water partition coefficient (Wildman–Crippen LogP) is 6.68. The summed E-state index contributed by atoms with van der Waals surface area (Å²) in [5, 5.41) is 22.4. The molecule has 0 aliphatic heterocycles. The average Bonchev–Trinajstić information content (AvgIpc) is 2.62. The van der Waals surface area contributed by atoms with Gasteiger partial charge in [-0.25, -0.2) is 0 Å². The van der Waals surface area contributed by atoms with Crippen LogP contribution in [0.1, 0.15) is 50.7 Å². The second-order valence-electron chi connectivity index (χ2n) is 7.32. The molecule has 0 unspecified atom stereocenters.